The second-order valence-corrected chi connectivity index (χ2v) is 6.41. The highest BCUT2D eigenvalue weighted by Crippen LogP contribution is 2.27. The highest BCUT2D eigenvalue weighted by Gasteiger charge is 2.09. The Bertz CT molecular complexity index is 394. The molecular formula is C13H20N2S3. The van der Waals surface area contributed by atoms with Crippen LogP contribution < -0.4 is 11.1 Å². The third kappa shape index (κ3) is 4.71. The number of thiocarbonyl (C=S) groups is 1. The van der Waals surface area contributed by atoms with Crippen LogP contribution in [0.4, 0.5) is 5.69 Å². The van der Waals surface area contributed by atoms with Crippen molar-refractivity contribution in [2.45, 2.75) is 18.2 Å². The van der Waals surface area contributed by atoms with Crippen molar-refractivity contribution in [3.05, 3.63) is 23.8 Å². The molecule has 18 heavy (non-hydrogen) atoms. The lowest BCUT2D eigenvalue weighted by Gasteiger charge is -2.14. The molecular weight excluding hydrogens is 280 g/mol. The summed E-state index contributed by atoms with van der Waals surface area (Å²) in [5, 5.41) is 3.43. The van der Waals surface area contributed by atoms with Crippen LogP contribution in [0.15, 0.2) is 23.1 Å². The number of thioether (sulfide) groups is 2. The van der Waals surface area contributed by atoms with E-state index in [4.69, 9.17) is 18.0 Å². The van der Waals surface area contributed by atoms with Crippen molar-refractivity contribution in [1.29, 1.82) is 0 Å². The summed E-state index contributed by atoms with van der Waals surface area (Å²) < 4.78 is 0. The normalized spacial score (nSPS) is 10.3. The SMILES string of the molecule is CCSCCCNc1cccc(SC)c1C(N)=S. The molecule has 0 spiro atoms. The molecule has 0 aliphatic heterocycles. The Labute approximate surface area is 123 Å². The second-order valence-electron chi connectivity index (χ2n) is 3.72. The van der Waals surface area contributed by atoms with Crippen LogP contribution in [0.2, 0.25) is 0 Å². The van der Waals surface area contributed by atoms with Gasteiger partial charge in [-0.3, -0.25) is 0 Å². The number of hydrogen-bond donors (Lipinski definition) is 2. The Balaban J connectivity index is 2.67. The highest BCUT2D eigenvalue weighted by molar-refractivity contribution is 7.99. The Hall–Kier alpha value is -0.390. The predicted molar refractivity (Wildman–Crippen MR) is 90.2 cm³/mol. The van der Waals surface area contributed by atoms with Crippen molar-refractivity contribution in [2.24, 2.45) is 5.73 Å². The van der Waals surface area contributed by atoms with Crippen molar-refractivity contribution >= 4 is 46.4 Å². The van der Waals surface area contributed by atoms with E-state index in [1.54, 1.807) is 11.8 Å². The summed E-state index contributed by atoms with van der Waals surface area (Å²) in [6.45, 7) is 3.14. The van der Waals surface area contributed by atoms with Crippen LogP contribution in [0.25, 0.3) is 0 Å². The fraction of sp³-hybridized carbons (Fsp3) is 0.462. The van der Waals surface area contributed by atoms with Crippen LogP contribution in [0.3, 0.4) is 0 Å². The fourth-order valence-corrected chi connectivity index (χ4v) is 3.20. The summed E-state index contributed by atoms with van der Waals surface area (Å²) in [5.74, 6) is 2.37. The first kappa shape index (κ1) is 15.7. The van der Waals surface area contributed by atoms with Gasteiger partial charge in [0.25, 0.3) is 0 Å². The number of nitrogens with one attached hydrogen (secondary N) is 1. The summed E-state index contributed by atoms with van der Waals surface area (Å²) in [5.41, 5.74) is 7.84. The van der Waals surface area contributed by atoms with Crippen LogP contribution in [0, 0.1) is 0 Å². The van der Waals surface area contributed by atoms with Crippen molar-refractivity contribution < 1.29 is 0 Å². The number of anilines is 1. The molecule has 0 amide bonds. The number of rotatable bonds is 8. The maximum atomic E-state index is 5.82. The molecule has 1 aromatic rings. The Morgan fingerprint density at radius 1 is 1.44 bits per heavy atom. The van der Waals surface area contributed by atoms with E-state index in [1.165, 1.54) is 11.5 Å². The average molecular weight is 301 g/mol. The maximum absolute atomic E-state index is 5.82. The first-order chi connectivity index (χ1) is 8.70. The molecule has 0 bridgehead atoms. The largest absolute Gasteiger partial charge is 0.389 e. The standard InChI is InChI=1S/C13H20N2S3/c1-3-18-9-5-8-15-10-6-4-7-11(17-2)12(10)13(14)16/h4,6-7,15H,3,5,8-9H2,1-2H3,(H2,14,16). The van der Waals surface area contributed by atoms with Gasteiger partial charge in [0, 0.05) is 22.7 Å². The lowest BCUT2D eigenvalue weighted by Crippen LogP contribution is -2.15. The Morgan fingerprint density at radius 2 is 2.22 bits per heavy atom. The molecule has 0 unspecified atom stereocenters. The lowest BCUT2D eigenvalue weighted by atomic mass is 10.1. The molecule has 0 aliphatic carbocycles. The van der Waals surface area contributed by atoms with E-state index in [9.17, 15) is 0 Å². The smallest absolute Gasteiger partial charge is 0.107 e. The molecule has 0 atom stereocenters. The average Bonchev–Trinajstić information content (AvgIpc) is 2.37. The zero-order valence-corrected chi connectivity index (χ0v) is 13.3. The number of nitrogens with two attached hydrogens (primary N) is 1. The quantitative estimate of drug-likeness (QED) is 0.436. The van der Waals surface area contributed by atoms with Crippen molar-refractivity contribution in [3.8, 4) is 0 Å². The summed E-state index contributed by atoms with van der Waals surface area (Å²) in [4.78, 5) is 1.60. The molecule has 0 radical (unpaired) electrons. The first-order valence-electron chi connectivity index (χ1n) is 5.99. The number of benzene rings is 1. The molecule has 0 aliphatic rings. The van der Waals surface area contributed by atoms with Gasteiger partial charge in [0.15, 0.2) is 0 Å². The molecule has 1 aromatic carbocycles. The molecule has 5 heteroatoms. The Kier molecular flexibility index (Phi) is 7.54. The van der Waals surface area contributed by atoms with E-state index < -0.39 is 0 Å². The zero-order chi connectivity index (χ0) is 13.4. The van der Waals surface area contributed by atoms with Crippen molar-refractivity contribution in [1.82, 2.24) is 0 Å². The van der Waals surface area contributed by atoms with Gasteiger partial charge in [-0.25, -0.2) is 0 Å². The monoisotopic (exact) mass is 300 g/mol. The fourth-order valence-electron chi connectivity index (χ4n) is 1.64. The van der Waals surface area contributed by atoms with Crippen LogP contribution in [-0.2, 0) is 0 Å². The van der Waals surface area contributed by atoms with Gasteiger partial charge in [-0.1, -0.05) is 25.2 Å². The molecule has 100 valence electrons. The maximum Gasteiger partial charge on any atom is 0.107 e. The second kappa shape index (κ2) is 8.67. The Morgan fingerprint density at radius 3 is 2.83 bits per heavy atom. The van der Waals surface area contributed by atoms with Gasteiger partial charge < -0.3 is 11.1 Å². The highest BCUT2D eigenvalue weighted by atomic mass is 32.2. The number of hydrogen-bond acceptors (Lipinski definition) is 4. The summed E-state index contributed by atoms with van der Waals surface area (Å²) >= 11 is 8.78. The minimum absolute atomic E-state index is 0.463. The third-order valence-electron chi connectivity index (χ3n) is 2.48. The van der Waals surface area contributed by atoms with Gasteiger partial charge >= 0.3 is 0 Å². The van der Waals surface area contributed by atoms with Crippen LogP contribution in [0.1, 0.15) is 18.9 Å². The topological polar surface area (TPSA) is 38.0 Å². The van der Waals surface area contributed by atoms with E-state index in [0.717, 1.165) is 29.1 Å². The minimum atomic E-state index is 0.463. The molecule has 0 saturated heterocycles. The van der Waals surface area contributed by atoms with Gasteiger partial charge in [-0.15, -0.1) is 11.8 Å². The van der Waals surface area contributed by atoms with Crippen LogP contribution in [-0.4, -0.2) is 29.3 Å². The van der Waals surface area contributed by atoms with Gasteiger partial charge in [0.2, 0.25) is 0 Å². The molecule has 2 nitrogen and oxygen atoms in total. The first-order valence-corrected chi connectivity index (χ1v) is 8.77. The van der Waals surface area contributed by atoms with E-state index in [-0.39, 0.29) is 0 Å². The van der Waals surface area contributed by atoms with E-state index in [2.05, 4.69) is 18.3 Å². The summed E-state index contributed by atoms with van der Waals surface area (Å²) in [6.07, 6.45) is 3.19. The summed E-state index contributed by atoms with van der Waals surface area (Å²) in [7, 11) is 0. The molecule has 3 N–H and O–H groups in total. The third-order valence-corrected chi connectivity index (χ3v) is 4.45. The molecule has 0 aromatic heterocycles. The molecule has 0 heterocycles. The van der Waals surface area contributed by atoms with Crippen LogP contribution in [0.5, 0.6) is 0 Å². The molecule has 0 fully saturated rings. The van der Waals surface area contributed by atoms with Gasteiger partial charge in [-0.05, 0) is 36.3 Å². The predicted octanol–water partition coefficient (Wildman–Crippen LogP) is 3.60. The van der Waals surface area contributed by atoms with E-state index >= 15 is 0 Å². The van der Waals surface area contributed by atoms with E-state index in [0.29, 0.717) is 4.99 Å². The van der Waals surface area contributed by atoms with Crippen molar-refractivity contribution in [3.63, 3.8) is 0 Å². The van der Waals surface area contributed by atoms with Gasteiger partial charge in [0.05, 0.1) is 0 Å². The molecule has 0 saturated carbocycles. The minimum Gasteiger partial charge on any atom is -0.389 e. The lowest BCUT2D eigenvalue weighted by molar-refractivity contribution is 0.990. The van der Waals surface area contributed by atoms with Crippen LogP contribution >= 0.6 is 35.7 Å². The van der Waals surface area contributed by atoms with Crippen molar-refractivity contribution in [2.75, 3.05) is 29.6 Å². The van der Waals surface area contributed by atoms with Gasteiger partial charge in [0.1, 0.15) is 4.99 Å². The summed E-state index contributed by atoms with van der Waals surface area (Å²) in [6, 6.07) is 6.13. The van der Waals surface area contributed by atoms with Gasteiger partial charge in [-0.2, -0.15) is 11.8 Å². The zero-order valence-electron chi connectivity index (χ0n) is 10.9. The van der Waals surface area contributed by atoms with E-state index in [1.807, 2.05) is 30.2 Å². The molecule has 1 rings (SSSR count).